The molecule has 0 saturated carbocycles. The molecule has 80 valence electrons. The molecule has 2 heterocycles. The summed E-state index contributed by atoms with van der Waals surface area (Å²) in [5.41, 5.74) is 6.92. The zero-order valence-electron chi connectivity index (χ0n) is 8.93. The molecule has 6 nitrogen and oxygen atoms in total. The maximum absolute atomic E-state index is 5.69. The van der Waals surface area contributed by atoms with Crippen LogP contribution in [0.4, 0.5) is 5.82 Å². The highest BCUT2D eigenvalue weighted by Gasteiger charge is 2.15. The quantitative estimate of drug-likeness (QED) is 0.785. The second-order valence-corrected chi connectivity index (χ2v) is 3.55. The number of hydrogen-bond acceptors (Lipinski definition) is 5. The van der Waals surface area contributed by atoms with Gasteiger partial charge in [-0.25, -0.2) is 14.6 Å². The molecule has 15 heavy (non-hydrogen) atoms. The second kappa shape index (κ2) is 3.38. The summed E-state index contributed by atoms with van der Waals surface area (Å²) >= 11 is 0. The average molecular weight is 207 g/mol. The number of aryl methyl sites for hydroxylation is 1. The zero-order valence-corrected chi connectivity index (χ0v) is 8.93. The van der Waals surface area contributed by atoms with E-state index in [0.717, 1.165) is 0 Å². The van der Waals surface area contributed by atoms with Gasteiger partial charge < -0.3 is 10.5 Å². The maximum atomic E-state index is 5.69. The molecule has 2 N–H and O–H groups in total. The van der Waals surface area contributed by atoms with Crippen LogP contribution in [0, 0.1) is 0 Å². The Kier molecular flexibility index (Phi) is 2.18. The van der Waals surface area contributed by atoms with Gasteiger partial charge in [-0.05, 0) is 13.8 Å². The minimum Gasteiger partial charge on any atom is -0.474 e. The molecule has 6 heteroatoms. The van der Waals surface area contributed by atoms with Gasteiger partial charge in [-0.3, -0.25) is 0 Å². The topological polar surface area (TPSA) is 78.8 Å². The first-order valence-corrected chi connectivity index (χ1v) is 4.69. The first-order valence-electron chi connectivity index (χ1n) is 4.69. The fourth-order valence-corrected chi connectivity index (χ4v) is 1.35. The van der Waals surface area contributed by atoms with Gasteiger partial charge in [0.15, 0.2) is 16.9 Å². The first-order chi connectivity index (χ1) is 7.09. The molecule has 0 atom stereocenters. The summed E-state index contributed by atoms with van der Waals surface area (Å²) in [4.78, 5) is 7.99. The molecule has 0 bridgehead atoms. The number of nitrogens with two attached hydrogens (primary N) is 1. The molecular weight excluding hydrogens is 194 g/mol. The smallest absolute Gasteiger partial charge is 0.239 e. The summed E-state index contributed by atoms with van der Waals surface area (Å²) in [6, 6.07) is 0. The zero-order chi connectivity index (χ0) is 11.0. The number of ether oxygens (including phenoxy) is 1. The number of anilines is 1. The van der Waals surface area contributed by atoms with Crippen LogP contribution in [0.1, 0.15) is 13.8 Å². The van der Waals surface area contributed by atoms with Gasteiger partial charge in [-0.15, -0.1) is 0 Å². The summed E-state index contributed by atoms with van der Waals surface area (Å²) in [6.45, 7) is 3.90. The van der Waals surface area contributed by atoms with Gasteiger partial charge in [0.05, 0.1) is 6.10 Å². The van der Waals surface area contributed by atoms with E-state index in [-0.39, 0.29) is 6.10 Å². The minimum absolute atomic E-state index is 0.0692. The third kappa shape index (κ3) is 1.58. The first kappa shape index (κ1) is 9.70. The predicted octanol–water partition coefficient (Wildman–Crippen LogP) is 0.733. The van der Waals surface area contributed by atoms with Crippen LogP contribution in [0.5, 0.6) is 5.88 Å². The van der Waals surface area contributed by atoms with E-state index in [9.17, 15) is 0 Å². The lowest BCUT2D eigenvalue weighted by Gasteiger charge is -2.08. The van der Waals surface area contributed by atoms with E-state index in [2.05, 4.69) is 15.1 Å². The van der Waals surface area contributed by atoms with E-state index in [4.69, 9.17) is 10.5 Å². The highest BCUT2D eigenvalue weighted by molar-refractivity contribution is 5.87. The van der Waals surface area contributed by atoms with Crippen molar-refractivity contribution in [3.05, 3.63) is 6.33 Å². The third-order valence-corrected chi connectivity index (χ3v) is 1.94. The van der Waals surface area contributed by atoms with E-state index in [1.54, 1.807) is 11.7 Å². The Morgan fingerprint density at radius 3 is 2.73 bits per heavy atom. The van der Waals surface area contributed by atoms with Crippen LogP contribution in [0.3, 0.4) is 0 Å². The van der Waals surface area contributed by atoms with Gasteiger partial charge >= 0.3 is 0 Å². The van der Waals surface area contributed by atoms with E-state index in [1.807, 2.05) is 13.8 Å². The van der Waals surface area contributed by atoms with E-state index in [0.29, 0.717) is 22.7 Å². The Balaban J connectivity index is 2.63. The van der Waals surface area contributed by atoms with Crippen molar-refractivity contribution in [1.82, 2.24) is 19.7 Å². The summed E-state index contributed by atoms with van der Waals surface area (Å²) < 4.78 is 7.23. The highest BCUT2D eigenvalue weighted by Crippen LogP contribution is 2.25. The summed E-state index contributed by atoms with van der Waals surface area (Å²) in [6.07, 6.45) is 1.48. The van der Waals surface area contributed by atoms with Crippen molar-refractivity contribution in [3.8, 4) is 5.88 Å². The third-order valence-electron chi connectivity index (χ3n) is 1.94. The van der Waals surface area contributed by atoms with Crippen LogP contribution in [0.15, 0.2) is 6.33 Å². The maximum Gasteiger partial charge on any atom is 0.239 e. The van der Waals surface area contributed by atoms with Crippen molar-refractivity contribution in [2.24, 2.45) is 7.05 Å². The van der Waals surface area contributed by atoms with Crippen molar-refractivity contribution in [2.45, 2.75) is 20.0 Å². The molecule has 0 aromatic carbocycles. The van der Waals surface area contributed by atoms with Crippen molar-refractivity contribution in [2.75, 3.05) is 5.73 Å². The SMILES string of the molecule is CC(C)Oc1c2ncnc(N)c2nn1C. The molecular formula is C9H13N5O. The fraction of sp³-hybridized carbons (Fsp3) is 0.444. The van der Waals surface area contributed by atoms with Crippen LogP contribution < -0.4 is 10.5 Å². The van der Waals surface area contributed by atoms with Gasteiger partial charge in [0.25, 0.3) is 0 Å². The number of fused-ring (bicyclic) bond motifs is 1. The van der Waals surface area contributed by atoms with Crippen molar-refractivity contribution < 1.29 is 4.74 Å². The Labute approximate surface area is 87.1 Å². The Hall–Kier alpha value is -1.85. The van der Waals surface area contributed by atoms with Crippen LogP contribution in [0.25, 0.3) is 11.0 Å². The summed E-state index contributed by atoms with van der Waals surface area (Å²) in [7, 11) is 1.79. The molecule has 2 aromatic rings. The number of nitrogens with zero attached hydrogens (tertiary/aromatic N) is 4. The number of nitrogen functional groups attached to an aromatic ring is 1. The van der Waals surface area contributed by atoms with E-state index >= 15 is 0 Å². The fourth-order valence-electron chi connectivity index (χ4n) is 1.35. The molecule has 2 rings (SSSR count). The molecule has 0 spiro atoms. The molecule has 0 radical (unpaired) electrons. The lowest BCUT2D eigenvalue weighted by Crippen LogP contribution is -2.09. The Morgan fingerprint density at radius 1 is 1.33 bits per heavy atom. The van der Waals surface area contributed by atoms with Gasteiger partial charge in [-0.1, -0.05) is 0 Å². The van der Waals surface area contributed by atoms with Crippen LogP contribution in [-0.2, 0) is 7.05 Å². The van der Waals surface area contributed by atoms with Crippen LogP contribution >= 0.6 is 0 Å². The molecule has 0 unspecified atom stereocenters. The molecule has 0 amide bonds. The lowest BCUT2D eigenvalue weighted by molar-refractivity contribution is 0.224. The van der Waals surface area contributed by atoms with Crippen molar-refractivity contribution >= 4 is 16.9 Å². The van der Waals surface area contributed by atoms with Crippen molar-refractivity contribution in [1.29, 1.82) is 0 Å². The number of hydrogen-bond donors (Lipinski definition) is 1. The van der Waals surface area contributed by atoms with Crippen LogP contribution in [0.2, 0.25) is 0 Å². The van der Waals surface area contributed by atoms with E-state index in [1.165, 1.54) is 6.33 Å². The largest absolute Gasteiger partial charge is 0.474 e. The number of rotatable bonds is 2. The van der Waals surface area contributed by atoms with E-state index < -0.39 is 0 Å². The molecule has 0 saturated heterocycles. The lowest BCUT2D eigenvalue weighted by atomic mass is 10.4. The van der Waals surface area contributed by atoms with Gasteiger partial charge in [0.1, 0.15) is 6.33 Å². The monoisotopic (exact) mass is 207 g/mol. The van der Waals surface area contributed by atoms with Gasteiger partial charge in [0.2, 0.25) is 5.88 Å². The summed E-state index contributed by atoms with van der Waals surface area (Å²) in [5, 5.41) is 4.21. The summed E-state index contributed by atoms with van der Waals surface area (Å²) in [5.74, 6) is 0.989. The van der Waals surface area contributed by atoms with Crippen molar-refractivity contribution in [3.63, 3.8) is 0 Å². The van der Waals surface area contributed by atoms with Gasteiger partial charge in [0, 0.05) is 7.05 Å². The highest BCUT2D eigenvalue weighted by atomic mass is 16.5. The molecule has 0 aliphatic carbocycles. The molecule has 0 fully saturated rings. The van der Waals surface area contributed by atoms with Gasteiger partial charge in [-0.2, -0.15) is 5.10 Å². The average Bonchev–Trinajstić information content (AvgIpc) is 2.45. The Morgan fingerprint density at radius 2 is 2.07 bits per heavy atom. The number of aromatic nitrogens is 4. The predicted molar refractivity (Wildman–Crippen MR) is 56.5 cm³/mol. The minimum atomic E-state index is 0.0692. The molecule has 2 aromatic heterocycles. The molecule has 0 aliphatic heterocycles. The standard InChI is InChI=1S/C9H13N5O/c1-5(2)15-9-7-6(13-14(9)3)8(10)12-4-11-7/h4-5H,1-3H3,(H2,10,11,12). The molecule has 0 aliphatic rings. The second-order valence-electron chi connectivity index (χ2n) is 3.55. The normalized spacial score (nSPS) is 11.2. The Bertz CT molecular complexity index is 490. The van der Waals surface area contributed by atoms with Crippen LogP contribution in [-0.4, -0.2) is 25.9 Å².